The lowest BCUT2D eigenvalue weighted by molar-refractivity contribution is -0.110. The molecule has 7 nitrogen and oxygen atoms in total. The first-order chi connectivity index (χ1) is 17.2. The van der Waals surface area contributed by atoms with Gasteiger partial charge >= 0.3 is 0 Å². The maximum atomic E-state index is 12.8. The number of rotatable bonds is 5. The fraction of sp³-hybridized carbons (Fsp3) is 0.286. The highest BCUT2D eigenvalue weighted by Gasteiger charge is 2.17. The predicted molar refractivity (Wildman–Crippen MR) is 139 cm³/mol. The zero-order chi connectivity index (χ0) is 24.0. The number of nitrogens with one attached hydrogen (secondary N) is 3. The quantitative estimate of drug-likeness (QED) is 0.430. The highest BCUT2D eigenvalue weighted by molar-refractivity contribution is 6.47. The molecule has 7 heteroatoms. The fourth-order valence-electron chi connectivity index (χ4n) is 4.52. The molecule has 2 aliphatic rings. The summed E-state index contributed by atoms with van der Waals surface area (Å²) in [5.41, 5.74) is 4.20. The van der Waals surface area contributed by atoms with Crippen LogP contribution in [0.2, 0.25) is 0 Å². The number of hydrogen-bond acceptors (Lipinski definition) is 4. The van der Waals surface area contributed by atoms with Gasteiger partial charge in [0.1, 0.15) is 11.5 Å². The Kier molecular flexibility index (Phi) is 6.84. The predicted octanol–water partition coefficient (Wildman–Crippen LogP) is 5.54. The molecule has 0 atom stereocenters. The number of imidazole rings is 1. The molecule has 1 aromatic heterocycles. The van der Waals surface area contributed by atoms with E-state index in [1.165, 1.54) is 25.7 Å². The largest absolute Gasteiger partial charge is 0.349 e. The Hall–Kier alpha value is -4.00. The first-order valence-electron chi connectivity index (χ1n) is 12.3. The molecule has 0 spiro atoms. The topological polar surface area (TPSA) is 99.2 Å². The second kappa shape index (κ2) is 10.5. The van der Waals surface area contributed by atoms with E-state index in [0.717, 1.165) is 35.9 Å². The lowest BCUT2D eigenvalue weighted by atomic mass is 10.1. The van der Waals surface area contributed by atoms with Crippen molar-refractivity contribution < 1.29 is 9.59 Å². The van der Waals surface area contributed by atoms with Crippen LogP contribution in [0.25, 0.3) is 22.4 Å². The van der Waals surface area contributed by atoms with Crippen LogP contribution >= 0.6 is 0 Å². The second-order valence-electron chi connectivity index (χ2n) is 9.05. The van der Waals surface area contributed by atoms with Crippen molar-refractivity contribution in [1.82, 2.24) is 15.3 Å². The molecule has 2 amide bonds. The third kappa shape index (κ3) is 5.57. The number of benzene rings is 2. The van der Waals surface area contributed by atoms with E-state index in [1.54, 1.807) is 12.3 Å². The van der Waals surface area contributed by atoms with Crippen LogP contribution < -0.4 is 10.6 Å². The summed E-state index contributed by atoms with van der Waals surface area (Å²) in [5.74, 6) is 0.429. The van der Waals surface area contributed by atoms with Gasteiger partial charge in [-0.05, 0) is 67.8 Å². The van der Waals surface area contributed by atoms with Gasteiger partial charge in [-0.3, -0.25) is 14.6 Å². The number of nitrogens with zero attached hydrogens (tertiary/aromatic N) is 2. The summed E-state index contributed by atoms with van der Waals surface area (Å²) in [4.78, 5) is 37.4. The van der Waals surface area contributed by atoms with E-state index in [1.807, 2.05) is 54.6 Å². The van der Waals surface area contributed by atoms with E-state index < -0.39 is 0 Å². The number of aliphatic imine (C=N–C) groups is 1. The van der Waals surface area contributed by atoms with Crippen molar-refractivity contribution in [2.24, 2.45) is 4.99 Å². The minimum atomic E-state index is -0.251. The van der Waals surface area contributed by atoms with Crippen molar-refractivity contribution in [1.29, 1.82) is 0 Å². The van der Waals surface area contributed by atoms with Crippen molar-refractivity contribution in [3.8, 4) is 11.4 Å². The molecule has 5 rings (SSSR count). The van der Waals surface area contributed by atoms with Crippen LogP contribution in [-0.2, 0) is 4.79 Å². The summed E-state index contributed by atoms with van der Waals surface area (Å²) in [6, 6.07) is 13.3. The molecule has 178 valence electrons. The minimum absolute atomic E-state index is 0.0290. The van der Waals surface area contributed by atoms with Crippen LogP contribution in [-0.4, -0.2) is 33.5 Å². The highest BCUT2D eigenvalue weighted by Crippen LogP contribution is 2.24. The number of fused-ring (bicyclic) bond motifs is 1. The van der Waals surface area contributed by atoms with Gasteiger partial charge in [-0.1, -0.05) is 37.8 Å². The highest BCUT2D eigenvalue weighted by atomic mass is 16.2. The average molecular weight is 468 g/mol. The van der Waals surface area contributed by atoms with Gasteiger partial charge in [0.25, 0.3) is 11.8 Å². The maximum absolute atomic E-state index is 12.8. The first-order valence-corrected chi connectivity index (χ1v) is 12.3. The molecular weight excluding hydrogens is 438 g/mol. The Morgan fingerprint density at radius 2 is 1.71 bits per heavy atom. The number of allylic oxidation sites excluding steroid dienone is 2. The smallest absolute Gasteiger partial charge is 0.274 e. The molecule has 1 fully saturated rings. The van der Waals surface area contributed by atoms with E-state index in [4.69, 9.17) is 0 Å². The monoisotopic (exact) mass is 467 g/mol. The summed E-state index contributed by atoms with van der Waals surface area (Å²) in [5, 5.41) is 6.08. The number of carbonyl (C=O) groups is 2. The molecule has 0 bridgehead atoms. The first kappa shape index (κ1) is 22.8. The van der Waals surface area contributed by atoms with Gasteiger partial charge in [-0.2, -0.15) is 0 Å². The number of aromatic amines is 1. The molecule has 3 N–H and O–H groups in total. The van der Waals surface area contributed by atoms with E-state index in [2.05, 4.69) is 25.6 Å². The van der Waals surface area contributed by atoms with Gasteiger partial charge in [0.2, 0.25) is 0 Å². The summed E-state index contributed by atoms with van der Waals surface area (Å²) < 4.78 is 0. The Bertz CT molecular complexity index is 1310. The molecule has 0 unspecified atom stereocenters. The summed E-state index contributed by atoms with van der Waals surface area (Å²) in [6.45, 7) is 0. The van der Waals surface area contributed by atoms with Gasteiger partial charge < -0.3 is 15.6 Å². The van der Waals surface area contributed by atoms with E-state index in [9.17, 15) is 9.59 Å². The zero-order valence-electron chi connectivity index (χ0n) is 19.6. The van der Waals surface area contributed by atoms with Gasteiger partial charge in [-0.15, -0.1) is 0 Å². The molecule has 3 aromatic rings. The molecule has 2 aromatic carbocycles. The average Bonchev–Trinajstić information content (AvgIpc) is 3.03. The van der Waals surface area contributed by atoms with Crippen LogP contribution in [0.3, 0.4) is 0 Å². The summed E-state index contributed by atoms with van der Waals surface area (Å²) in [6.07, 6.45) is 14.9. The van der Waals surface area contributed by atoms with Crippen LogP contribution in [0.4, 0.5) is 5.69 Å². The lowest BCUT2D eigenvalue weighted by Crippen LogP contribution is -2.34. The van der Waals surface area contributed by atoms with Gasteiger partial charge in [-0.25, -0.2) is 4.98 Å². The number of hydrogen-bond donors (Lipinski definition) is 3. The van der Waals surface area contributed by atoms with Crippen molar-refractivity contribution in [2.75, 3.05) is 5.32 Å². The number of anilines is 1. The second-order valence-corrected chi connectivity index (χ2v) is 9.05. The number of aromatic nitrogens is 2. The third-order valence-corrected chi connectivity index (χ3v) is 6.45. The molecule has 0 saturated heterocycles. The summed E-state index contributed by atoms with van der Waals surface area (Å²) in [7, 11) is 0. The Morgan fingerprint density at radius 1 is 0.914 bits per heavy atom. The lowest BCUT2D eigenvalue weighted by Gasteiger charge is -2.16. The molecule has 35 heavy (non-hydrogen) atoms. The molecule has 1 aliphatic heterocycles. The Balaban J connectivity index is 1.27. The SMILES string of the molecule is O=C(Nc1ccc(-c2nc3ccc(C(=O)NC4CCCCCC4)cc3[nH]2)cc1)C1=NC=CCC=C1. The Morgan fingerprint density at radius 3 is 2.51 bits per heavy atom. The van der Waals surface area contributed by atoms with Crippen LogP contribution in [0.5, 0.6) is 0 Å². The van der Waals surface area contributed by atoms with E-state index in [0.29, 0.717) is 22.8 Å². The van der Waals surface area contributed by atoms with Gasteiger partial charge in [0.05, 0.1) is 11.0 Å². The standard InChI is InChI=1S/C28H29N5O2/c34-27(30-21-8-4-1-2-5-9-21)20-13-16-23-25(18-20)33-26(32-23)19-11-14-22(15-12-19)31-28(35)24-10-6-3-7-17-29-24/h6-7,10-18,21H,1-5,8-9H2,(H,30,34)(H,31,35)(H,32,33). The molecule has 2 heterocycles. The van der Waals surface area contributed by atoms with Crippen molar-refractivity contribution in [3.63, 3.8) is 0 Å². The zero-order valence-corrected chi connectivity index (χ0v) is 19.6. The van der Waals surface area contributed by atoms with Crippen LogP contribution in [0.15, 0.2) is 71.9 Å². The molecule has 1 saturated carbocycles. The molecule has 0 radical (unpaired) electrons. The fourth-order valence-corrected chi connectivity index (χ4v) is 4.52. The van der Waals surface area contributed by atoms with Crippen molar-refractivity contribution in [3.05, 3.63) is 72.5 Å². The Labute approximate surface area is 204 Å². The third-order valence-electron chi connectivity index (χ3n) is 6.45. The minimum Gasteiger partial charge on any atom is -0.349 e. The van der Waals surface area contributed by atoms with Crippen LogP contribution in [0.1, 0.15) is 55.3 Å². The maximum Gasteiger partial charge on any atom is 0.274 e. The normalized spacial score (nSPS) is 16.4. The number of amides is 2. The number of H-pyrrole nitrogens is 1. The van der Waals surface area contributed by atoms with Crippen molar-refractivity contribution in [2.45, 2.75) is 51.0 Å². The van der Waals surface area contributed by atoms with Gasteiger partial charge in [0, 0.05) is 29.1 Å². The van der Waals surface area contributed by atoms with Crippen molar-refractivity contribution >= 4 is 34.2 Å². The molecular formula is C28H29N5O2. The van der Waals surface area contributed by atoms with Crippen LogP contribution in [0, 0.1) is 0 Å². The summed E-state index contributed by atoms with van der Waals surface area (Å²) >= 11 is 0. The molecule has 1 aliphatic carbocycles. The van der Waals surface area contributed by atoms with E-state index >= 15 is 0 Å². The van der Waals surface area contributed by atoms with Gasteiger partial charge in [0.15, 0.2) is 0 Å². The van der Waals surface area contributed by atoms with E-state index in [-0.39, 0.29) is 17.9 Å². The number of carbonyl (C=O) groups excluding carboxylic acids is 2.